The van der Waals surface area contributed by atoms with E-state index in [0.29, 0.717) is 0 Å². The molecule has 0 amide bonds. The molecule has 2 aliphatic rings. The average molecular weight is 374 g/mol. The molecule has 5 nitrogen and oxygen atoms in total. The van der Waals surface area contributed by atoms with E-state index in [2.05, 4.69) is 104 Å². The first-order valence-corrected chi connectivity index (χ1v) is 9.79. The van der Waals surface area contributed by atoms with Crippen LogP contribution in [0, 0.1) is 6.92 Å². The monoisotopic (exact) mass is 374 g/mol. The van der Waals surface area contributed by atoms with Crippen LogP contribution in [-0.2, 0) is 0 Å². The van der Waals surface area contributed by atoms with Crippen molar-refractivity contribution in [3.05, 3.63) is 60.7 Å². The van der Waals surface area contributed by atoms with Gasteiger partial charge in [0, 0.05) is 60.9 Å². The first-order valence-electron chi connectivity index (χ1n) is 9.79. The lowest BCUT2D eigenvalue weighted by atomic mass is 10.0. The molecule has 3 aromatic rings. The number of rotatable bonds is 2. The van der Waals surface area contributed by atoms with Crippen LogP contribution in [0.3, 0.4) is 0 Å². The van der Waals surface area contributed by atoms with Crippen molar-refractivity contribution in [1.82, 2.24) is 9.80 Å². The Morgan fingerprint density at radius 1 is 0.821 bits per heavy atom. The van der Waals surface area contributed by atoms with E-state index in [1.54, 1.807) is 0 Å². The number of benzene rings is 2. The molecule has 0 fully saturated rings. The topological polar surface area (TPSA) is 26.1 Å². The van der Waals surface area contributed by atoms with Crippen molar-refractivity contribution in [2.45, 2.75) is 33.1 Å². The molecule has 144 valence electrons. The summed E-state index contributed by atoms with van der Waals surface area (Å²) in [7, 11) is 4.22. The maximum atomic E-state index is 6.38. The molecule has 0 radical (unpaired) electrons. The summed E-state index contributed by atoms with van der Waals surface area (Å²) in [5.41, 5.74) is 5.48. The Kier molecular flexibility index (Phi) is 3.63. The van der Waals surface area contributed by atoms with Gasteiger partial charge in [-0.15, -0.1) is 0 Å². The van der Waals surface area contributed by atoms with E-state index >= 15 is 0 Å². The van der Waals surface area contributed by atoms with Crippen LogP contribution in [0.15, 0.2) is 59.5 Å². The summed E-state index contributed by atoms with van der Waals surface area (Å²) in [6.07, 6.45) is 9.08. The van der Waals surface area contributed by atoms with Crippen LogP contribution >= 0.6 is 0 Å². The molecule has 2 atom stereocenters. The van der Waals surface area contributed by atoms with Crippen LogP contribution in [0.2, 0.25) is 0 Å². The van der Waals surface area contributed by atoms with Gasteiger partial charge >= 0.3 is 0 Å². The molecule has 5 heteroatoms. The second-order valence-electron chi connectivity index (χ2n) is 7.85. The molecule has 2 aromatic carbocycles. The molecule has 5 rings (SSSR count). The largest absolute Gasteiger partial charge is 0.454 e. The second kappa shape index (κ2) is 5.96. The van der Waals surface area contributed by atoms with Crippen LogP contribution in [0.1, 0.15) is 19.4 Å². The van der Waals surface area contributed by atoms with Crippen molar-refractivity contribution < 1.29 is 4.42 Å². The SMILES string of the molecule is Cc1c(N2C=CN(C)[C@H]2C)cc2c(oc3ccccc32)c1N1C=CN(C)[C@@H]1C. The summed E-state index contributed by atoms with van der Waals surface area (Å²) in [5.74, 6) is 0. The Bertz CT molecular complexity index is 1130. The fourth-order valence-electron chi connectivity index (χ4n) is 4.29. The number of hydrogen-bond donors (Lipinski definition) is 0. The molecule has 0 N–H and O–H groups in total. The zero-order valence-electron chi connectivity index (χ0n) is 17.0. The number of fused-ring (bicyclic) bond motifs is 3. The molecule has 3 heterocycles. The Balaban J connectivity index is 1.82. The minimum absolute atomic E-state index is 0.236. The van der Waals surface area contributed by atoms with E-state index in [4.69, 9.17) is 4.42 Å². The number of para-hydroxylation sites is 1. The Labute approximate surface area is 165 Å². The normalized spacial score (nSPS) is 21.9. The minimum Gasteiger partial charge on any atom is -0.454 e. The molecular formula is C23H26N4O. The predicted molar refractivity (Wildman–Crippen MR) is 116 cm³/mol. The van der Waals surface area contributed by atoms with E-state index < -0.39 is 0 Å². The molecule has 1 aromatic heterocycles. The van der Waals surface area contributed by atoms with E-state index in [-0.39, 0.29) is 12.3 Å². The summed E-state index contributed by atoms with van der Waals surface area (Å²) in [5, 5.41) is 2.32. The molecule has 0 unspecified atom stereocenters. The summed E-state index contributed by atoms with van der Waals surface area (Å²) in [6, 6.07) is 10.6. The molecule has 0 saturated heterocycles. The van der Waals surface area contributed by atoms with Crippen LogP contribution < -0.4 is 9.80 Å². The first-order chi connectivity index (χ1) is 13.5. The molecule has 0 bridgehead atoms. The van der Waals surface area contributed by atoms with Crippen LogP contribution in [-0.4, -0.2) is 36.2 Å². The highest BCUT2D eigenvalue weighted by Crippen LogP contribution is 2.44. The second-order valence-corrected chi connectivity index (χ2v) is 7.85. The van der Waals surface area contributed by atoms with E-state index in [0.717, 1.165) is 27.6 Å². The number of furan rings is 1. The molecular weight excluding hydrogens is 348 g/mol. The minimum atomic E-state index is 0.236. The molecule has 0 saturated carbocycles. The van der Waals surface area contributed by atoms with Gasteiger partial charge in [0.15, 0.2) is 5.58 Å². The zero-order valence-corrected chi connectivity index (χ0v) is 17.0. The van der Waals surface area contributed by atoms with Gasteiger partial charge in [-0.05, 0) is 32.9 Å². The van der Waals surface area contributed by atoms with Gasteiger partial charge in [0.05, 0.1) is 5.69 Å². The zero-order chi connectivity index (χ0) is 19.6. The van der Waals surface area contributed by atoms with Crippen LogP contribution in [0.4, 0.5) is 11.4 Å². The van der Waals surface area contributed by atoms with Gasteiger partial charge in [-0.1, -0.05) is 18.2 Å². The van der Waals surface area contributed by atoms with Crippen LogP contribution in [0.25, 0.3) is 21.9 Å². The highest BCUT2D eigenvalue weighted by molar-refractivity contribution is 6.11. The summed E-state index contributed by atoms with van der Waals surface area (Å²) < 4.78 is 6.38. The summed E-state index contributed by atoms with van der Waals surface area (Å²) in [6.45, 7) is 6.64. The van der Waals surface area contributed by atoms with Crippen molar-refractivity contribution in [2.75, 3.05) is 23.9 Å². The van der Waals surface area contributed by atoms with E-state index in [9.17, 15) is 0 Å². The highest BCUT2D eigenvalue weighted by atomic mass is 16.3. The lowest BCUT2D eigenvalue weighted by Gasteiger charge is -2.32. The lowest BCUT2D eigenvalue weighted by molar-refractivity contribution is 0.381. The molecule has 2 aliphatic heterocycles. The van der Waals surface area contributed by atoms with Crippen molar-refractivity contribution in [2.24, 2.45) is 0 Å². The predicted octanol–water partition coefficient (Wildman–Crippen LogP) is 5.03. The van der Waals surface area contributed by atoms with Gasteiger partial charge in [-0.25, -0.2) is 0 Å². The van der Waals surface area contributed by atoms with Crippen molar-refractivity contribution in [3.8, 4) is 0 Å². The molecule has 28 heavy (non-hydrogen) atoms. The quantitative estimate of drug-likeness (QED) is 0.627. The number of nitrogens with zero attached hydrogens (tertiary/aromatic N) is 4. The van der Waals surface area contributed by atoms with Gasteiger partial charge in [0.25, 0.3) is 0 Å². The smallest absolute Gasteiger partial charge is 0.159 e. The van der Waals surface area contributed by atoms with Gasteiger partial charge in [0.1, 0.15) is 17.9 Å². The average Bonchev–Trinajstić information content (AvgIpc) is 3.33. The van der Waals surface area contributed by atoms with E-state index in [1.807, 2.05) is 6.07 Å². The Hall–Kier alpha value is -3.08. The van der Waals surface area contributed by atoms with Crippen molar-refractivity contribution in [1.29, 1.82) is 0 Å². The summed E-state index contributed by atoms with van der Waals surface area (Å²) >= 11 is 0. The Morgan fingerprint density at radius 3 is 2.11 bits per heavy atom. The van der Waals surface area contributed by atoms with E-state index in [1.165, 1.54) is 11.3 Å². The highest BCUT2D eigenvalue weighted by Gasteiger charge is 2.30. The fourth-order valence-corrected chi connectivity index (χ4v) is 4.29. The standard InChI is InChI=1S/C23H26N4O/c1-15-20(26-12-10-24(4)16(26)2)14-19-18-8-6-7-9-21(18)28-23(19)22(15)27-13-11-25(5)17(27)3/h6-14,16-17H,1-5H3/t16-,17+/m1/s1. The van der Waals surface area contributed by atoms with Crippen molar-refractivity contribution in [3.63, 3.8) is 0 Å². The maximum absolute atomic E-state index is 6.38. The van der Waals surface area contributed by atoms with Crippen molar-refractivity contribution >= 4 is 33.3 Å². The first kappa shape index (κ1) is 17.0. The van der Waals surface area contributed by atoms with Gasteiger partial charge in [-0.3, -0.25) is 0 Å². The number of anilines is 2. The summed E-state index contributed by atoms with van der Waals surface area (Å²) in [4.78, 5) is 9.10. The third-order valence-electron chi connectivity index (χ3n) is 6.31. The number of hydrogen-bond acceptors (Lipinski definition) is 5. The third-order valence-corrected chi connectivity index (χ3v) is 6.31. The molecule has 0 aliphatic carbocycles. The Morgan fingerprint density at radius 2 is 1.46 bits per heavy atom. The van der Waals surface area contributed by atoms with Gasteiger partial charge in [0.2, 0.25) is 0 Å². The van der Waals surface area contributed by atoms with Gasteiger partial charge < -0.3 is 24.0 Å². The third kappa shape index (κ3) is 2.25. The van der Waals surface area contributed by atoms with Crippen LogP contribution in [0.5, 0.6) is 0 Å². The lowest BCUT2D eigenvalue weighted by Crippen LogP contribution is -2.35. The molecule has 0 spiro atoms. The van der Waals surface area contributed by atoms with Gasteiger partial charge in [-0.2, -0.15) is 0 Å². The maximum Gasteiger partial charge on any atom is 0.159 e. The fraction of sp³-hybridized carbons (Fsp3) is 0.304.